The van der Waals surface area contributed by atoms with E-state index >= 15 is 0 Å². The lowest BCUT2D eigenvalue weighted by molar-refractivity contribution is 0.454. The third-order valence-electron chi connectivity index (χ3n) is 2.07. The Labute approximate surface area is 98.3 Å². The number of nitrogens with zero attached hydrogens (tertiary/aromatic N) is 2. The molecular weight excluding hydrogens is 222 g/mol. The summed E-state index contributed by atoms with van der Waals surface area (Å²) in [5, 5.41) is 1.46. The molecule has 2 heterocycles. The zero-order valence-electron chi connectivity index (χ0n) is 9.18. The molecule has 2 rings (SSSR count). The highest BCUT2D eigenvalue weighted by molar-refractivity contribution is 7.99. The van der Waals surface area contributed by atoms with Gasteiger partial charge in [-0.1, -0.05) is 6.07 Å². The number of pyridine rings is 1. The van der Waals surface area contributed by atoms with Crippen molar-refractivity contribution in [2.75, 3.05) is 0 Å². The molecule has 2 N–H and O–H groups in total. The van der Waals surface area contributed by atoms with Gasteiger partial charge in [0.1, 0.15) is 11.3 Å². The summed E-state index contributed by atoms with van der Waals surface area (Å²) in [4.78, 5) is 8.48. The Bertz CT molecular complexity index is 464. The van der Waals surface area contributed by atoms with Crippen LogP contribution >= 0.6 is 11.8 Å². The normalized spacial score (nSPS) is 12.7. The highest BCUT2D eigenvalue weighted by Crippen LogP contribution is 2.25. The van der Waals surface area contributed by atoms with Gasteiger partial charge in [0.15, 0.2) is 0 Å². The van der Waals surface area contributed by atoms with E-state index in [2.05, 4.69) is 9.97 Å². The van der Waals surface area contributed by atoms with Gasteiger partial charge in [0.05, 0.1) is 5.69 Å². The first-order chi connectivity index (χ1) is 7.65. The minimum absolute atomic E-state index is 0.00975. The van der Waals surface area contributed by atoms with Crippen LogP contribution in [0.1, 0.15) is 24.2 Å². The molecule has 1 atom stereocenters. The number of aromatic nitrogens is 2. The minimum Gasteiger partial charge on any atom is -0.439 e. The maximum absolute atomic E-state index is 5.74. The van der Waals surface area contributed by atoms with Gasteiger partial charge >= 0.3 is 0 Å². The molecule has 84 valence electrons. The summed E-state index contributed by atoms with van der Waals surface area (Å²) in [7, 11) is 0. The molecule has 0 unspecified atom stereocenters. The van der Waals surface area contributed by atoms with Crippen molar-refractivity contribution in [1.29, 1.82) is 0 Å². The van der Waals surface area contributed by atoms with Crippen LogP contribution in [0.15, 0.2) is 39.3 Å². The van der Waals surface area contributed by atoms with Gasteiger partial charge in [0.25, 0.3) is 5.22 Å². The minimum atomic E-state index is 0.00975. The maximum Gasteiger partial charge on any atom is 0.262 e. The Morgan fingerprint density at radius 1 is 1.44 bits per heavy atom. The monoisotopic (exact) mass is 235 g/mol. The second kappa shape index (κ2) is 4.67. The summed E-state index contributed by atoms with van der Waals surface area (Å²) in [5.74, 6) is 0. The summed E-state index contributed by atoms with van der Waals surface area (Å²) in [5.41, 5.74) is 7.63. The number of nitrogens with two attached hydrogens (primary N) is 1. The number of rotatable bonds is 3. The lowest BCUT2D eigenvalue weighted by atomic mass is 10.2. The van der Waals surface area contributed by atoms with Crippen LogP contribution < -0.4 is 5.73 Å². The number of hydrogen-bond donors (Lipinski definition) is 1. The Balaban J connectivity index is 2.11. The standard InChI is InChI=1S/C11H13N3OS/c1-7-6-15-11(14-7)16-10-4-3-9(5-13-10)8(2)12/h3-6,8H,12H2,1-2H3/t8-/m1/s1. The molecule has 0 aliphatic carbocycles. The lowest BCUT2D eigenvalue weighted by Crippen LogP contribution is -2.04. The van der Waals surface area contributed by atoms with Gasteiger partial charge in [-0.25, -0.2) is 9.97 Å². The van der Waals surface area contributed by atoms with Crippen LogP contribution in [0.5, 0.6) is 0 Å². The zero-order valence-corrected chi connectivity index (χ0v) is 9.99. The van der Waals surface area contributed by atoms with E-state index in [1.165, 1.54) is 11.8 Å². The van der Waals surface area contributed by atoms with Gasteiger partial charge in [0.2, 0.25) is 0 Å². The fourth-order valence-electron chi connectivity index (χ4n) is 1.19. The highest BCUT2D eigenvalue weighted by atomic mass is 32.2. The van der Waals surface area contributed by atoms with Crippen molar-refractivity contribution in [2.45, 2.75) is 30.1 Å². The average Bonchev–Trinajstić information content (AvgIpc) is 2.65. The van der Waals surface area contributed by atoms with E-state index in [1.54, 1.807) is 12.5 Å². The first-order valence-corrected chi connectivity index (χ1v) is 5.78. The van der Waals surface area contributed by atoms with Crippen molar-refractivity contribution in [3.8, 4) is 0 Å². The van der Waals surface area contributed by atoms with Crippen molar-refractivity contribution in [3.63, 3.8) is 0 Å². The van der Waals surface area contributed by atoms with Crippen molar-refractivity contribution < 1.29 is 4.42 Å². The van der Waals surface area contributed by atoms with Crippen molar-refractivity contribution in [3.05, 3.63) is 35.9 Å². The summed E-state index contributed by atoms with van der Waals surface area (Å²) >= 11 is 1.40. The molecule has 0 radical (unpaired) electrons. The molecule has 0 saturated heterocycles. The first-order valence-electron chi connectivity index (χ1n) is 4.96. The Hall–Kier alpha value is -1.33. The Kier molecular flexibility index (Phi) is 3.26. The van der Waals surface area contributed by atoms with Crippen LogP contribution in [0, 0.1) is 6.92 Å². The third-order valence-corrected chi connectivity index (χ3v) is 2.89. The molecule has 0 aliphatic heterocycles. The van der Waals surface area contributed by atoms with Gasteiger partial charge in [-0.3, -0.25) is 0 Å². The molecule has 0 bridgehead atoms. The smallest absolute Gasteiger partial charge is 0.262 e. The average molecular weight is 235 g/mol. The Morgan fingerprint density at radius 2 is 2.25 bits per heavy atom. The molecule has 0 amide bonds. The van der Waals surface area contributed by atoms with Crippen LogP contribution in [-0.2, 0) is 0 Å². The van der Waals surface area contributed by atoms with E-state index in [1.807, 2.05) is 26.0 Å². The predicted octanol–water partition coefficient (Wildman–Crippen LogP) is 2.55. The molecular formula is C11H13N3OS. The Morgan fingerprint density at radius 3 is 2.75 bits per heavy atom. The predicted molar refractivity (Wildman–Crippen MR) is 62.2 cm³/mol. The third kappa shape index (κ3) is 2.62. The van der Waals surface area contributed by atoms with Crippen molar-refractivity contribution in [1.82, 2.24) is 9.97 Å². The summed E-state index contributed by atoms with van der Waals surface area (Å²) in [6, 6.07) is 3.90. The van der Waals surface area contributed by atoms with E-state index in [-0.39, 0.29) is 6.04 Å². The van der Waals surface area contributed by atoms with E-state index in [4.69, 9.17) is 10.2 Å². The summed E-state index contributed by atoms with van der Waals surface area (Å²) in [6.07, 6.45) is 3.40. The van der Waals surface area contributed by atoms with Crippen LogP contribution in [0.4, 0.5) is 0 Å². The molecule has 0 spiro atoms. The summed E-state index contributed by atoms with van der Waals surface area (Å²) < 4.78 is 5.23. The van der Waals surface area contributed by atoms with Crippen LogP contribution in [0.3, 0.4) is 0 Å². The van der Waals surface area contributed by atoms with Crippen molar-refractivity contribution >= 4 is 11.8 Å². The van der Waals surface area contributed by atoms with Gasteiger partial charge in [-0.05, 0) is 37.2 Å². The maximum atomic E-state index is 5.74. The fraction of sp³-hybridized carbons (Fsp3) is 0.273. The van der Waals surface area contributed by atoms with Crippen LogP contribution in [0.25, 0.3) is 0 Å². The van der Waals surface area contributed by atoms with Crippen molar-refractivity contribution in [2.24, 2.45) is 5.73 Å². The molecule has 16 heavy (non-hydrogen) atoms. The van der Waals surface area contributed by atoms with Gasteiger partial charge in [0, 0.05) is 12.2 Å². The molecule has 5 heteroatoms. The van der Waals surface area contributed by atoms with E-state index in [0.717, 1.165) is 16.3 Å². The second-order valence-electron chi connectivity index (χ2n) is 3.58. The molecule has 0 fully saturated rings. The quantitative estimate of drug-likeness (QED) is 0.885. The van der Waals surface area contributed by atoms with Crippen LogP contribution in [0.2, 0.25) is 0 Å². The molecule has 0 aromatic carbocycles. The second-order valence-corrected chi connectivity index (χ2v) is 4.55. The van der Waals surface area contributed by atoms with Gasteiger partial charge < -0.3 is 10.2 Å². The van der Waals surface area contributed by atoms with E-state index in [9.17, 15) is 0 Å². The van der Waals surface area contributed by atoms with E-state index in [0.29, 0.717) is 5.22 Å². The molecule has 0 aliphatic rings. The largest absolute Gasteiger partial charge is 0.439 e. The molecule has 2 aromatic heterocycles. The highest BCUT2D eigenvalue weighted by Gasteiger charge is 2.05. The SMILES string of the molecule is Cc1coc(Sc2ccc([C@@H](C)N)cn2)n1. The van der Waals surface area contributed by atoms with Gasteiger partial charge in [-0.15, -0.1) is 0 Å². The number of hydrogen-bond acceptors (Lipinski definition) is 5. The zero-order chi connectivity index (χ0) is 11.5. The number of aryl methyl sites for hydroxylation is 1. The fourth-order valence-corrected chi connectivity index (χ4v) is 1.90. The first kappa shape index (κ1) is 11.2. The topological polar surface area (TPSA) is 64.9 Å². The summed E-state index contributed by atoms with van der Waals surface area (Å²) in [6.45, 7) is 3.82. The number of oxazole rings is 1. The molecule has 0 saturated carbocycles. The molecule has 4 nitrogen and oxygen atoms in total. The van der Waals surface area contributed by atoms with Crippen LogP contribution in [-0.4, -0.2) is 9.97 Å². The molecule has 2 aromatic rings. The van der Waals surface area contributed by atoms with Gasteiger partial charge in [-0.2, -0.15) is 0 Å². The lowest BCUT2D eigenvalue weighted by Gasteiger charge is -2.04. The van der Waals surface area contributed by atoms with E-state index < -0.39 is 0 Å².